The molecule has 0 aromatic rings. The van der Waals surface area contributed by atoms with E-state index in [2.05, 4.69) is 13.8 Å². The Balaban J connectivity index is 2.61. The molecule has 0 aliphatic carbocycles. The van der Waals surface area contributed by atoms with Gasteiger partial charge in [-0.1, -0.05) is 13.8 Å². The Morgan fingerprint density at radius 1 is 1.27 bits per heavy atom. The molecule has 1 aliphatic heterocycles. The average Bonchev–Trinajstić information content (AvgIpc) is 2.13. The highest BCUT2D eigenvalue weighted by molar-refractivity contribution is 7.89. The topological polar surface area (TPSA) is 37.4 Å². The van der Waals surface area contributed by atoms with Crippen molar-refractivity contribution in [3.63, 3.8) is 0 Å². The summed E-state index contributed by atoms with van der Waals surface area (Å²) < 4.78 is 25.4. The molecule has 0 N–H and O–H groups in total. The van der Waals surface area contributed by atoms with Crippen LogP contribution >= 0.6 is 11.6 Å². The molecule has 2 atom stereocenters. The lowest BCUT2D eigenvalue weighted by atomic mass is 9.94. The minimum Gasteiger partial charge on any atom is -0.212 e. The molecular formula is C10H20ClNO2S. The van der Waals surface area contributed by atoms with E-state index in [1.54, 1.807) is 4.31 Å². The molecule has 0 spiro atoms. The predicted octanol–water partition coefficient (Wildman–Crippen LogP) is 1.92. The molecule has 0 aromatic carbocycles. The number of sulfonamides is 1. The summed E-state index contributed by atoms with van der Waals surface area (Å²) in [4.78, 5) is 0. The van der Waals surface area contributed by atoms with Crippen LogP contribution in [0.2, 0.25) is 0 Å². The fourth-order valence-corrected chi connectivity index (χ4v) is 4.22. The Hall–Kier alpha value is 0.200. The van der Waals surface area contributed by atoms with Gasteiger partial charge >= 0.3 is 0 Å². The Labute approximate surface area is 97.8 Å². The maximum Gasteiger partial charge on any atom is 0.214 e. The summed E-state index contributed by atoms with van der Waals surface area (Å²) in [6, 6.07) is 0. The summed E-state index contributed by atoms with van der Waals surface area (Å²) in [5, 5.41) is 0. The van der Waals surface area contributed by atoms with Gasteiger partial charge in [-0.2, -0.15) is 0 Å². The first-order chi connectivity index (χ1) is 6.95. The molecule has 0 aromatic heterocycles. The largest absolute Gasteiger partial charge is 0.214 e. The Bertz CT molecular complexity index is 282. The molecule has 2 unspecified atom stereocenters. The standard InChI is InChI=1S/C10H20ClNO2S/c1-9-6-10(2)8-12(7-9)15(13,14)5-3-4-11/h9-10H,3-8H2,1-2H3. The molecule has 1 fully saturated rings. The van der Waals surface area contributed by atoms with Crippen LogP contribution in [-0.4, -0.2) is 37.4 Å². The zero-order chi connectivity index (χ0) is 11.5. The van der Waals surface area contributed by atoms with E-state index in [0.717, 1.165) is 6.42 Å². The van der Waals surface area contributed by atoms with Crippen LogP contribution in [0.25, 0.3) is 0 Å². The fourth-order valence-electron chi connectivity index (χ4n) is 2.20. The van der Waals surface area contributed by atoms with E-state index in [4.69, 9.17) is 11.6 Å². The average molecular weight is 254 g/mol. The van der Waals surface area contributed by atoms with E-state index in [1.165, 1.54) is 0 Å². The Morgan fingerprint density at radius 3 is 2.27 bits per heavy atom. The van der Waals surface area contributed by atoms with Crippen LogP contribution in [0.15, 0.2) is 0 Å². The highest BCUT2D eigenvalue weighted by Crippen LogP contribution is 2.23. The van der Waals surface area contributed by atoms with Crippen LogP contribution in [0.5, 0.6) is 0 Å². The lowest BCUT2D eigenvalue weighted by Crippen LogP contribution is -2.43. The lowest BCUT2D eigenvalue weighted by molar-refractivity contribution is 0.222. The molecule has 90 valence electrons. The molecule has 0 amide bonds. The Morgan fingerprint density at radius 2 is 1.80 bits per heavy atom. The first kappa shape index (κ1) is 13.3. The molecule has 0 radical (unpaired) electrons. The van der Waals surface area contributed by atoms with Gasteiger partial charge in [0.25, 0.3) is 0 Å². The molecule has 1 rings (SSSR count). The first-order valence-electron chi connectivity index (χ1n) is 5.49. The van der Waals surface area contributed by atoms with Crippen LogP contribution in [0.1, 0.15) is 26.7 Å². The van der Waals surface area contributed by atoms with Gasteiger partial charge in [-0.3, -0.25) is 0 Å². The van der Waals surface area contributed by atoms with Crippen molar-refractivity contribution in [1.29, 1.82) is 0 Å². The second kappa shape index (κ2) is 5.51. The summed E-state index contributed by atoms with van der Waals surface area (Å²) >= 11 is 5.52. The summed E-state index contributed by atoms with van der Waals surface area (Å²) in [5.74, 6) is 1.55. The number of halogens is 1. The number of hydrogen-bond acceptors (Lipinski definition) is 2. The number of hydrogen-bond donors (Lipinski definition) is 0. The third-order valence-corrected chi connectivity index (χ3v) is 4.92. The van der Waals surface area contributed by atoms with Crippen LogP contribution in [0.3, 0.4) is 0 Å². The monoisotopic (exact) mass is 253 g/mol. The molecule has 5 heteroatoms. The molecule has 0 bridgehead atoms. The molecule has 1 saturated heterocycles. The van der Waals surface area contributed by atoms with Gasteiger partial charge in [-0.15, -0.1) is 11.6 Å². The molecular weight excluding hydrogens is 234 g/mol. The SMILES string of the molecule is CC1CC(C)CN(S(=O)(=O)CCCCl)C1. The highest BCUT2D eigenvalue weighted by atomic mass is 35.5. The molecule has 3 nitrogen and oxygen atoms in total. The van der Waals surface area contributed by atoms with Crippen molar-refractivity contribution in [2.24, 2.45) is 11.8 Å². The van der Waals surface area contributed by atoms with Gasteiger partial charge in [0.05, 0.1) is 5.75 Å². The minimum atomic E-state index is -3.06. The van der Waals surface area contributed by atoms with E-state index < -0.39 is 10.0 Å². The maximum absolute atomic E-state index is 11.9. The van der Waals surface area contributed by atoms with Crippen LogP contribution in [0.4, 0.5) is 0 Å². The maximum atomic E-state index is 11.9. The molecule has 1 heterocycles. The second-order valence-electron chi connectivity index (χ2n) is 4.62. The third kappa shape index (κ3) is 3.93. The minimum absolute atomic E-state index is 0.190. The van der Waals surface area contributed by atoms with E-state index >= 15 is 0 Å². The van der Waals surface area contributed by atoms with E-state index in [-0.39, 0.29) is 5.75 Å². The van der Waals surface area contributed by atoms with Crippen LogP contribution in [-0.2, 0) is 10.0 Å². The number of nitrogens with zero attached hydrogens (tertiary/aromatic N) is 1. The highest BCUT2D eigenvalue weighted by Gasteiger charge is 2.29. The molecule has 15 heavy (non-hydrogen) atoms. The van der Waals surface area contributed by atoms with Gasteiger partial charge in [0.1, 0.15) is 0 Å². The van der Waals surface area contributed by atoms with Crippen molar-refractivity contribution in [2.75, 3.05) is 24.7 Å². The normalized spacial score (nSPS) is 29.3. The predicted molar refractivity (Wildman–Crippen MR) is 63.6 cm³/mol. The van der Waals surface area contributed by atoms with Gasteiger partial charge in [0, 0.05) is 19.0 Å². The fraction of sp³-hybridized carbons (Fsp3) is 1.00. The van der Waals surface area contributed by atoms with Gasteiger partial charge in [-0.25, -0.2) is 12.7 Å². The third-order valence-electron chi connectivity index (χ3n) is 2.76. The van der Waals surface area contributed by atoms with Crippen molar-refractivity contribution in [3.05, 3.63) is 0 Å². The summed E-state index contributed by atoms with van der Waals surface area (Å²) in [6.07, 6.45) is 1.67. The number of rotatable bonds is 4. The second-order valence-corrected chi connectivity index (χ2v) is 7.09. The van der Waals surface area contributed by atoms with Crippen molar-refractivity contribution in [1.82, 2.24) is 4.31 Å². The van der Waals surface area contributed by atoms with E-state index in [0.29, 0.717) is 37.2 Å². The van der Waals surface area contributed by atoms with Gasteiger partial charge in [0.2, 0.25) is 10.0 Å². The molecule has 1 aliphatic rings. The smallest absolute Gasteiger partial charge is 0.212 e. The van der Waals surface area contributed by atoms with Crippen molar-refractivity contribution >= 4 is 21.6 Å². The lowest BCUT2D eigenvalue weighted by Gasteiger charge is -2.34. The van der Waals surface area contributed by atoms with Crippen LogP contribution < -0.4 is 0 Å². The zero-order valence-corrected chi connectivity index (χ0v) is 11.0. The Kier molecular flexibility index (Phi) is 4.87. The summed E-state index contributed by atoms with van der Waals surface area (Å²) in [7, 11) is -3.06. The zero-order valence-electron chi connectivity index (χ0n) is 9.45. The van der Waals surface area contributed by atoms with Crippen molar-refractivity contribution in [3.8, 4) is 0 Å². The van der Waals surface area contributed by atoms with Crippen molar-refractivity contribution in [2.45, 2.75) is 26.7 Å². The quantitative estimate of drug-likeness (QED) is 0.718. The van der Waals surface area contributed by atoms with Gasteiger partial charge in [-0.05, 0) is 24.7 Å². The van der Waals surface area contributed by atoms with Crippen LogP contribution in [0, 0.1) is 11.8 Å². The summed E-state index contributed by atoms with van der Waals surface area (Å²) in [5.41, 5.74) is 0. The molecule has 0 saturated carbocycles. The first-order valence-corrected chi connectivity index (χ1v) is 7.64. The number of alkyl halides is 1. The van der Waals surface area contributed by atoms with Gasteiger partial charge < -0.3 is 0 Å². The summed E-state index contributed by atoms with van der Waals surface area (Å²) in [6.45, 7) is 5.57. The number of piperidine rings is 1. The van der Waals surface area contributed by atoms with Crippen molar-refractivity contribution < 1.29 is 8.42 Å². The van der Waals surface area contributed by atoms with E-state index in [9.17, 15) is 8.42 Å². The van der Waals surface area contributed by atoms with Gasteiger partial charge in [0.15, 0.2) is 0 Å². The van der Waals surface area contributed by atoms with E-state index in [1.807, 2.05) is 0 Å².